The Hall–Kier alpha value is -3.74. The van der Waals surface area contributed by atoms with E-state index in [1.54, 1.807) is 38.1 Å². The molecular formula is C22H30N6O6S. The molecule has 35 heavy (non-hydrogen) atoms. The molecular weight excluding hydrogens is 476 g/mol. The third-order valence-electron chi connectivity index (χ3n) is 4.56. The van der Waals surface area contributed by atoms with E-state index < -0.39 is 29.4 Å². The molecule has 0 aliphatic heterocycles. The number of nitrogens with zero attached hydrogens (tertiary/aromatic N) is 1. The molecule has 0 fully saturated rings. The molecule has 0 spiro atoms. The van der Waals surface area contributed by atoms with Crippen LogP contribution in [0.5, 0.6) is 0 Å². The SMILES string of the molecule is CCOC(=O)CC[C@H](NC(=O)c1ccc(NCCSc2c(N)nc(N)[nH]c2=O)cc1)C(=O)OCC. The number of carbonyl (C=O) groups excluding carboxylic acids is 3. The molecule has 190 valence electrons. The van der Waals surface area contributed by atoms with Gasteiger partial charge in [-0.1, -0.05) is 0 Å². The highest BCUT2D eigenvalue weighted by atomic mass is 32.2. The zero-order valence-corrected chi connectivity index (χ0v) is 20.4. The van der Waals surface area contributed by atoms with Gasteiger partial charge in [0.15, 0.2) is 0 Å². The maximum Gasteiger partial charge on any atom is 0.328 e. The van der Waals surface area contributed by atoms with Crippen LogP contribution in [-0.4, -0.2) is 59.4 Å². The lowest BCUT2D eigenvalue weighted by Gasteiger charge is -2.17. The average Bonchev–Trinajstić information content (AvgIpc) is 2.81. The summed E-state index contributed by atoms with van der Waals surface area (Å²) in [6.07, 6.45) is 0.0417. The van der Waals surface area contributed by atoms with Crippen LogP contribution in [0, 0.1) is 0 Å². The molecule has 0 bridgehead atoms. The van der Waals surface area contributed by atoms with Gasteiger partial charge in [-0.25, -0.2) is 4.79 Å². The lowest BCUT2D eigenvalue weighted by atomic mass is 10.1. The predicted octanol–water partition coefficient (Wildman–Crippen LogP) is 1.14. The highest BCUT2D eigenvalue weighted by Gasteiger charge is 2.24. The van der Waals surface area contributed by atoms with E-state index in [-0.39, 0.29) is 37.8 Å². The summed E-state index contributed by atoms with van der Waals surface area (Å²) in [7, 11) is 0. The maximum atomic E-state index is 12.6. The van der Waals surface area contributed by atoms with E-state index in [1.165, 1.54) is 11.8 Å². The summed E-state index contributed by atoms with van der Waals surface area (Å²) < 4.78 is 9.88. The van der Waals surface area contributed by atoms with E-state index >= 15 is 0 Å². The van der Waals surface area contributed by atoms with Gasteiger partial charge in [0.05, 0.1) is 13.2 Å². The summed E-state index contributed by atoms with van der Waals surface area (Å²) in [5.74, 6) is -0.967. The molecule has 0 unspecified atom stereocenters. The average molecular weight is 507 g/mol. The summed E-state index contributed by atoms with van der Waals surface area (Å²) >= 11 is 1.24. The van der Waals surface area contributed by atoms with Crippen molar-refractivity contribution < 1.29 is 23.9 Å². The number of esters is 2. The lowest BCUT2D eigenvalue weighted by Crippen LogP contribution is -2.42. The molecule has 12 nitrogen and oxygen atoms in total. The van der Waals surface area contributed by atoms with E-state index in [4.69, 9.17) is 20.9 Å². The minimum absolute atomic E-state index is 0.0254. The molecule has 7 N–H and O–H groups in total. The number of H-pyrrole nitrogens is 1. The number of carbonyl (C=O) groups is 3. The number of amides is 1. The second-order valence-electron chi connectivity index (χ2n) is 7.14. The molecule has 1 aromatic carbocycles. The third-order valence-corrected chi connectivity index (χ3v) is 5.66. The maximum absolute atomic E-state index is 12.6. The Morgan fingerprint density at radius 1 is 1.11 bits per heavy atom. The number of thioether (sulfide) groups is 1. The Kier molecular flexibility index (Phi) is 10.9. The van der Waals surface area contributed by atoms with Crippen molar-refractivity contribution in [3.63, 3.8) is 0 Å². The van der Waals surface area contributed by atoms with Crippen LogP contribution in [0.3, 0.4) is 0 Å². The number of nitrogens with two attached hydrogens (primary N) is 2. The number of hydrogen-bond acceptors (Lipinski definition) is 11. The van der Waals surface area contributed by atoms with Crippen LogP contribution >= 0.6 is 11.8 Å². The first-order chi connectivity index (χ1) is 16.7. The van der Waals surface area contributed by atoms with Gasteiger partial charge < -0.3 is 31.6 Å². The van der Waals surface area contributed by atoms with Gasteiger partial charge in [-0.05, 0) is 44.5 Å². The van der Waals surface area contributed by atoms with Gasteiger partial charge in [-0.15, -0.1) is 11.8 Å². The Bertz CT molecular complexity index is 1080. The first-order valence-electron chi connectivity index (χ1n) is 11.0. The Morgan fingerprint density at radius 3 is 2.43 bits per heavy atom. The van der Waals surface area contributed by atoms with E-state index in [9.17, 15) is 19.2 Å². The van der Waals surface area contributed by atoms with Crippen LogP contribution in [0.2, 0.25) is 0 Å². The van der Waals surface area contributed by atoms with Crippen molar-refractivity contribution in [2.24, 2.45) is 0 Å². The predicted molar refractivity (Wildman–Crippen MR) is 133 cm³/mol. The zero-order valence-electron chi connectivity index (χ0n) is 19.6. The number of aromatic nitrogens is 2. The highest BCUT2D eigenvalue weighted by Crippen LogP contribution is 2.19. The molecule has 13 heteroatoms. The zero-order chi connectivity index (χ0) is 25.8. The fourth-order valence-electron chi connectivity index (χ4n) is 2.95. The molecule has 0 aliphatic rings. The van der Waals surface area contributed by atoms with E-state index in [0.29, 0.717) is 22.8 Å². The molecule has 0 radical (unpaired) electrons. The van der Waals surface area contributed by atoms with Crippen molar-refractivity contribution in [3.05, 3.63) is 40.2 Å². The Labute approximate surface area is 206 Å². The van der Waals surface area contributed by atoms with Gasteiger partial charge in [0.25, 0.3) is 11.5 Å². The quantitative estimate of drug-likeness (QED) is 0.149. The van der Waals surface area contributed by atoms with Crippen LogP contribution in [0.4, 0.5) is 17.5 Å². The first-order valence-corrected chi connectivity index (χ1v) is 12.0. The number of aromatic amines is 1. The van der Waals surface area contributed by atoms with Gasteiger partial charge in [0, 0.05) is 30.0 Å². The van der Waals surface area contributed by atoms with Crippen LogP contribution < -0.4 is 27.7 Å². The molecule has 0 saturated carbocycles. The number of rotatable bonds is 13. The van der Waals surface area contributed by atoms with Crippen LogP contribution in [0.1, 0.15) is 37.0 Å². The topological polar surface area (TPSA) is 192 Å². The van der Waals surface area contributed by atoms with E-state index in [1.807, 2.05) is 0 Å². The molecule has 2 aromatic rings. The minimum Gasteiger partial charge on any atom is -0.466 e. The van der Waals surface area contributed by atoms with Crippen LogP contribution in [0.25, 0.3) is 0 Å². The molecule has 1 heterocycles. The largest absolute Gasteiger partial charge is 0.466 e. The minimum atomic E-state index is -0.972. The smallest absolute Gasteiger partial charge is 0.328 e. The number of ether oxygens (including phenoxy) is 2. The fraction of sp³-hybridized carbons (Fsp3) is 0.409. The second-order valence-corrected chi connectivity index (χ2v) is 8.25. The van der Waals surface area contributed by atoms with Crippen molar-refractivity contribution in [1.29, 1.82) is 0 Å². The lowest BCUT2D eigenvalue weighted by molar-refractivity contribution is -0.146. The summed E-state index contributed by atoms with van der Waals surface area (Å²) in [5.41, 5.74) is 11.9. The van der Waals surface area contributed by atoms with Crippen molar-refractivity contribution in [2.45, 2.75) is 37.6 Å². The van der Waals surface area contributed by atoms with E-state index in [0.717, 1.165) is 5.69 Å². The number of nitrogen functional groups attached to an aromatic ring is 2. The fourth-order valence-corrected chi connectivity index (χ4v) is 3.74. The van der Waals surface area contributed by atoms with E-state index in [2.05, 4.69) is 20.6 Å². The molecule has 1 atom stereocenters. The highest BCUT2D eigenvalue weighted by molar-refractivity contribution is 7.99. The molecule has 2 rings (SSSR count). The number of anilines is 3. The van der Waals surface area contributed by atoms with Crippen molar-refractivity contribution >= 4 is 47.1 Å². The molecule has 1 aromatic heterocycles. The Balaban J connectivity index is 1.89. The monoisotopic (exact) mass is 506 g/mol. The second kappa shape index (κ2) is 13.8. The van der Waals surface area contributed by atoms with Gasteiger partial charge in [-0.3, -0.25) is 19.4 Å². The van der Waals surface area contributed by atoms with Gasteiger partial charge in [0.1, 0.15) is 16.8 Å². The number of benzene rings is 1. The summed E-state index contributed by atoms with van der Waals surface area (Å²) in [4.78, 5) is 54.9. The third kappa shape index (κ3) is 8.85. The molecule has 1 amide bonds. The van der Waals surface area contributed by atoms with Gasteiger partial charge in [-0.2, -0.15) is 4.98 Å². The normalized spacial score (nSPS) is 11.4. The molecule has 0 aliphatic carbocycles. The van der Waals surface area contributed by atoms with Gasteiger partial charge >= 0.3 is 11.9 Å². The summed E-state index contributed by atoms with van der Waals surface area (Å²) in [5, 5.41) is 5.79. The van der Waals surface area contributed by atoms with Gasteiger partial charge in [0.2, 0.25) is 5.95 Å². The number of nitrogens with one attached hydrogen (secondary N) is 3. The Morgan fingerprint density at radius 2 is 1.80 bits per heavy atom. The molecule has 0 saturated heterocycles. The summed E-state index contributed by atoms with van der Waals surface area (Å²) in [6, 6.07) is 5.66. The van der Waals surface area contributed by atoms with Crippen molar-refractivity contribution in [1.82, 2.24) is 15.3 Å². The van der Waals surface area contributed by atoms with Crippen molar-refractivity contribution in [3.8, 4) is 0 Å². The number of hydrogen-bond donors (Lipinski definition) is 5. The summed E-state index contributed by atoms with van der Waals surface area (Å²) in [6.45, 7) is 4.25. The van der Waals surface area contributed by atoms with Crippen LogP contribution in [0.15, 0.2) is 34.0 Å². The van der Waals surface area contributed by atoms with Crippen molar-refractivity contribution in [2.75, 3.05) is 42.3 Å². The first kappa shape index (κ1) is 27.5. The van der Waals surface area contributed by atoms with Crippen LogP contribution in [-0.2, 0) is 19.1 Å². The standard InChI is InChI=1S/C22H30N6O6S/c1-3-33-16(29)10-9-15(21(32)34-4-2)26-19(30)13-5-7-14(8-6-13)25-11-12-35-17-18(23)27-22(24)28-20(17)31/h5-8,15,25H,3-4,9-12H2,1-2H3,(H,26,30)(H5,23,24,27,28,31)/t15-/m0/s1.